The second kappa shape index (κ2) is 6.68. The number of carbonyl (C=O) groups is 1. The van der Waals surface area contributed by atoms with E-state index in [4.69, 9.17) is 0 Å². The first-order valence-corrected chi connectivity index (χ1v) is 7.91. The molecule has 21 heavy (non-hydrogen) atoms. The number of hydrogen-bond acceptors (Lipinski definition) is 6. The van der Waals surface area contributed by atoms with Crippen LogP contribution in [0.3, 0.4) is 0 Å². The van der Waals surface area contributed by atoms with Crippen molar-refractivity contribution in [2.75, 3.05) is 23.4 Å². The van der Waals surface area contributed by atoms with E-state index in [-0.39, 0.29) is 11.9 Å². The normalized spacial score (nSPS) is 18.4. The van der Waals surface area contributed by atoms with Crippen molar-refractivity contribution in [1.82, 2.24) is 25.9 Å². The first kappa shape index (κ1) is 14.0. The Labute approximate surface area is 126 Å². The van der Waals surface area contributed by atoms with Crippen molar-refractivity contribution in [1.29, 1.82) is 0 Å². The number of H-pyrrole nitrogens is 1. The molecule has 1 saturated heterocycles. The van der Waals surface area contributed by atoms with E-state index in [0.29, 0.717) is 12.2 Å². The van der Waals surface area contributed by atoms with Crippen LogP contribution in [0.25, 0.3) is 11.4 Å². The van der Waals surface area contributed by atoms with Gasteiger partial charge in [0.25, 0.3) is 0 Å². The average molecular weight is 304 g/mol. The van der Waals surface area contributed by atoms with Crippen molar-refractivity contribution in [3.8, 4) is 11.4 Å². The SMILES string of the molecule is O=C(CC1CSCCN1)Nc1cccc(-c2nn[nH]n2)c1. The maximum Gasteiger partial charge on any atom is 0.225 e. The number of nitrogens with zero attached hydrogens (tertiary/aromatic N) is 3. The van der Waals surface area contributed by atoms with E-state index in [1.165, 1.54) is 0 Å². The lowest BCUT2D eigenvalue weighted by atomic mass is 10.1. The summed E-state index contributed by atoms with van der Waals surface area (Å²) >= 11 is 1.88. The highest BCUT2D eigenvalue weighted by molar-refractivity contribution is 7.99. The Balaban J connectivity index is 1.62. The minimum absolute atomic E-state index is 0.0141. The van der Waals surface area contributed by atoms with Crippen LogP contribution in [0.4, 0.5) is 5.69 Å². The van der Waals surface area contributed by atoms with Crippen LogP contribution in [0.5, 0.6) is 0 Å². The number of benzene rings is 1. The quantitative estimate of drug-likeness (QED) is 0.777. The Morgan fingerprint density at radius 1 is 1.48 bits per heavy atom. The summed E-state index contributed by atoms with van der Waals surface area (Å²) in [5.41, 5.74) is 1.55. The van der Waals surface area contributed by atoms with Gasteiger partial charge in [0.2, 0.25) is 11.7 Å². The zero-order valence-electron chi connectivity index (χ0n) is 11.4. The summed E-state index contributed by atoms with van der Waals surface area (Å²) in [4.78, 5) is 12.1. The summed E-state index contributed by atoms with van der Waals surface area (Å²) in [7, 11) is 0. The van der Waals surface area contributed by atoms with Crippen LogP contribution in [0, 0.1) is 0 Å². The number of nitrogens with one attached hydrogen (secondary N) is 3. The first-order valence-electron chi connectivity index (χ1n) is 6.76. The molecule has 0 bridgehead atoms. The molecule has 1 aromatic heterocycles. The summed E-state index contributed by atoms with van der Waals surface area (Å²) in [6.07, 6.45) is 0.486. The zero-order chi connectivity index (χ0) is 14.5. The van der Waals surface area contributed by atoms with Crippen molar-refractivity contribution in [2.24, 2.45) is 0 Å². The minimum atomic E-state index is 0.0141. The summed E-state index contributed by atoms with van der Waals surface area (Å²) in [5.74, 6) is 2.62. The number of amides is 1. The molecule has 8 heteroatoms. The van der Waals surface area contributed by atoms with Gasteiger partial charge >= 0.3 is 0 Å². The van der Waals surface area contributed by atoms with Crippen LogP contribution in [0.1, 0.15) is 6.42 Å². The molecule has 0 spiro atoms. The van der Waals surface area contributed by atoms with E-state index in [1.807, 2.05) is 36.0 Å². The molecule has 3 N–H and O–H groups in total. The standard InChI is InChI=1S/C13H16N6OS/c20-12(7-11-8-21-5-4-14-11)15-10-3-1-2-9(6-10)13-16-18-19-17-13/h1-3,6,11,14H,4-5,7-8H2,(H,15,20)(H,16,17,18,19). The van der Waals surface area contributed by atoms with Crippen molar-refractivity contribution in [3.63, 3.8) is 0 Å². The fraction of sp³-hybridized carbons (Fsp3) is 0.385. The maximum absolute atomic E-state index is 12.1. The number of tetrazole rings is 1. The summed E-state index contributed by atoms with van der Waals surface area (Å²) in [6.45, 7) is 0.968. The van der Waals surface area contributed by atoms with Crippen molar-refractivity contribution in [3.05, 3.63) is 24.3 Å². The minimum Gasteiger partial charge on any atom is -0.326 e. The molecular weight excluding hydrogens is 288 g/mol. The molecule has 110 valence electrons. The zero-order valence-corrected chi connectivity index (χ0v) is 12.2. The van der Waals surface area contributed by atoms with Gasteiger partial charge in [0.1, 0.15) is 0 Å². The van der Waals surface area contributed by atoms with Crippen molar-refractivity contribution < 1.29 is 4.79 Å². The molecule has 1 aliphatic rings. The van der Waals surface area contributed by atoms with Gasteiger partial charge in [-0.1, -0.05) is 12.1 Å². The number of hydrogen-bond donors (Lipinski definition) is 3. The van der Waals surface area contributed by atoms with Crippen LogP contribution >= 0.6 is 11.8 Å². The van der Waals surface area contributed by atoms with Gasteiger partial charge in [-0.3, -0.25) is 4.79 Å². The third kappa shape index (κ3) is 3.79. The number of carbonyl (C=O) groups excluding carboxylic acids is 1. The molecule has 0 radical (unpaired) electrons. The van der Waals surface area contributed by atoms with Gasteiger partial charge in [-0.2, -0.15) is 17.0 Å². The molecule has 1 amide bonds. The fourth-order valence-electron chi connectivity index (χ4n) is 2.21. The summed E-state index contributed by atoms with van der Waals surface area (Å²) < 4.78 is 0. The average Bonchev–Trinajstić information content (AvgIpc) is 3.02. The molecular formula is C13H16N6OS. The Morgan fingerprint density at radius 3 is 3.19 bits per heavy atom. The highest BCUT2D eigenvalue weighted by Gasteiger charge is 2.16. The fourth-order valence-corrected chi connectivity index (χ4v) is 3.16. The summed E-state index contributed by atoms with van der Waals surface area (Å²) in [6, 6.07) is 7.68. The number of thioether (sulfide) groups is 1. The Hall–Kier alpha value is -1.93. The third-order valence-corrected chi connectivity index (χ3v) is 4.31. The Bertz CT molecular complexity index is 596. The highest BCUT2D eigenvalue weighted by atomic mass is 32.2. The summed E-state index contributed by atoms with van der Waals surface area (Å²) in [5, 5.41) is 20.1. The van der Waals surface area contributed by atoms with Crippen LogP contribution in [-0.2, 0) is 4.79 Å². The molecule has 2 heterocycles. The molecule has 1 atom stereocenters. The van der Waals surface area contributed by atoms with Gasteiger partial charge in [0.15, 0.2) is 0 Å². The first-order chi connectivity index (χ1) is 10.3. The van der Waals surface area contributed by atoms with E-state index in [2.05, 4.69) is 31.3 Å². The molecule has 7 nitrogen and oxygen atoms in total. The predicted molar refractivity (Wildman–Crippen MR) is 82.0 cm³/mol. The van der Waals surface area contributed by atoms with Crippen LogP contribution in [0.2, 0.25) is 0 Å². The van der Waals surface area contributed by atoms with E-state index in [0.717, 1.165) is 29.3 Å². The number of aromatic nitrogens is 4. The molecule has 2 aromatic rings. The largest absolute Gasteiger partial charge is 0.326 e. The molecule has 0 aliphatic carbocycles. The van der Waals surface area contributed by atoms with Gasteiger partial charge in [0.05, 0.1) is 0 Å². The molecule has 3 rings (SSSR count). The van der Waals surface area contributed by atoms with E-state index >= 15 is 0 Å². The molecule has 1 fully saturated rings. The lowest BCUT2D eigenvalue weighted by molar-refractivity contribution is -0.116. The van der Waals surface area contributed by atoms with Crippen LogP contribution in [-0.4, -0.2) is 50.6 Å². The van der Waals surface area contributed by atoms with Crippen LogP contribution < -0.4 is 10.6 Å². The van der Waals surface area contributed by atoms with Crippen molar-refractivity contribution in [2.45, 2.75) is 12.5 Å². The van der Waals surface area contributed by atoms with Crippen LogP contribution in [0.15, 0.2) is 24.3 Å². The molecule has 1 aromatic carbocycles. The lowest BCUT2D eigenvalue weighted by Crippen LogP contribution is -2.39. The van der Waals surface area contributed by atoms with E-state index in [9.17, 15) is 4.79 Å². The predicted octanol–water partition coefficient (Wildman–Crippen LogP) is 0.900. The number of aromatic amines is 1. The van der Waals surface area contributed by atoms with Gasteiger partial charge < -0.3 is 10.6 Å². The lowest BCUT2D eigenvalue weighted by Gasteiger charge is -2.22. The van der Waals surface area contributed by atoms with Gasteiger partial charge in [-0.05, 0) is 17.3 Å². The van der Waals surface area contributed by atoms with Crippen molar-refractivity contribution >= 4 is 23.4 Å². The van der Waals surface area contributed by atoms with Gasteiger partial charge in [-0.25, -0.2) is 0 Å². The molecule has 1 aliphatic heterocycles. The second-order valence-electron chi connectivity index (χ2n) is 4.79. The number of rotatable bonds is 4. The van der Waals surface area contributed by atoms with Gasteiger partial charge in [-0.15, -0.1) is 10.2 Å². The third-order valence-electron chi connectivity index (χ3n) is 3.18. The maximum atomic E-state index is 12.1. The van der Waals surface area contributed by atoms with E-state index in [1.54, 1.807) is 0 Å². The topological polar surface area (TPSA) is 95.6 Å². The smallest absolute Gasteiger partial charge is 0.225 e. The van der Waals surface area contributed by atoms with E-state index < -0.39 is 0 Å². The van der Waals surface area contributed by atoms with Gasteiger partial charge in [0, 0.05) is 41.8 Å². The molecule has 0 saturated carbocycles. The molecule has 1 unspecified atom stereocenters. The Morgan fingerprint density at radius 2 is 2.43 bits per heavy atom. The number of anilines is 1. The monoisotopic (exact) mass is 304 g/mol. The second-order valence-corrected chi connectivity index (χ2v) is 5.94. The highest BCUT2D eigenvalue weighted by Crippen LogP contribution is 2.19. The Kier molecular flexibility index (Phi) is 4.46.